The zero-order valence-electron chi connectivity index (χ0n) is 6.76. The van der Waals surface area contributed by atoms with Crippen molar-refractivity contribution >= 4 is 17.4 Å². The highest BCUT2D eigenvalue weighted by molar-refractivity contribution is 6.33. The number of rotatable bonds is 0. The van der Waals surface area contributed by atoms with Gasteiger partial charge < -0.3 is 10.2 Å². The van der Waals surface area contributed by atoms with Gasteiger partial charge in [-0.15, -0.1) is 0 Å². The van der Waals surface area contributed by atoms with Crippen LogP contribution < -0.4 is 0 Å². The summed E-state index contributed by atoms with van der Waals surface area (Å²) in [6, 6.07) is 0. The molecule has 0 aromatic heterocycles. The minimum atomic E-state index is -1.02. The van der Waals surface area contributed by atoms with Gasteiger partial charge in [-0.05, 0) is 13.8 Å². The molecular weight excluding hydrogens is 180 g/mol. The van der Waals surface area contributed by atoms with E-state index in [2.05, 4.69) is 0 Å². The molecular formula is C8H9ClO3. The fourth-order valence-corrected chi connectivity index (χ4v) is 1.17. The monoisotopic (exact) mass is 188 g/mol. The Kier molecular flexibility index (Phi) is 1.92. The lowest BCUT2D eigenvalue weighted by atomic mass is 9.82. The van der Waals surface area contributed by atoms with Crippen LogP contribution in [0.15, 0.2) is 22.6 Å². The molecule has 1 aliphatic carbocycles. The summed E-state index contributed by atoms with van der Waals surface area (Å²) in [5.41, 5.74) is -1.02. The van der Waals surface area contributed by atoms with E-state index in [1.54, 1.807) is 0 Å². The molecule has 0 unspecified atom stereocenters. The van der Waals surface area contributed by atoms with E-state index in [1.165, 1.54) is 13.8 Å². The highest BCUT2D eigenvalue weighted by Gasteiger charge is 2.37. The first-order valence-electron chi connectivity index (χ1n) is 3.42. The van der Waals surface area contributed by atoms with E-state index in [0.717, 1.165) is 6.08 Å². The van der Waals surface area contributed by atoms with Gasteiger partial charge in [0.25, 0.3) is 0 Å². The zero-order valence-corrected chi connectivity index (χ0v) is 7.51. The second-order valence-corrected chi connectivity index (χ2v) is 3.56. The van der Waals surface area contributed by atoms with Crippen LogP contribution >= 0.6 is 11.6 Å². The van der Waals surface area contributed by atoms with Gasteiger partial charge in [-0.1, -0.05) is 11.6 Å². The molecule has 0 atom stereocenters. The Morgan fingerprint density at radius 3 is 2.42 bits per heavy atom. The van der Waals surface area contributed by atoms with E-state index in [4.69, 9.17) is 16.7 Å². The molecule has 2 N–H and O–H groups in total. The molecule has 1 rings (SSSR count). The summed E-state index contributed by atoms with van der Waals surface area (Å²) >= 11 is 5.53. The van der Waals surface area contributed by atoms with Crippen LogP contribution in [0.4, 0.5) is 0 Å². The lowest BCUT2D eigenvalue weighted by Crippen LogP contribution is -2.29. The number of hydrogen-bond donors (Lipinski definition) is 2. The molecule has 0 bridgehead atoms. The molecule has 0 fully saturated rings. The Balaban J connectivity index is 3.27. The average molecular weight is 189 g/mol. The van der Waals surface area contributed by atoms with Gasteiger partial charge in [-0.2, -0.15) is 0 Å². The summed E-state index contributed by atoms with van der Waals surface area (Å²) < 4.78 is 0. The van der Waals surface area contributed by atoms with Crippen LogP contribution in [0.25, 0.3) is 0 Å². The van der Waals surface area contributed by atoms with Gasteiger partial charge in [-0.25, -0.2) is 0 Å². The van der Waals surface area contributed by atoms with Crippen molar-refractivity contribution in [1.82, 2.24) is 0 Å². The van der Waals surface area contributed by atoms with Crippen molar-refractivity contribution in [2.24, 2.45) is 5.41 Å². The molecule has 12 heavy (non-hydrogen) atoms. The Bertz CT molecular complexity index is 299. The first kappa shape index (κ1) is 9.13. The molecule has 0 spiro atoms. The van der Waals surface area contributed by atoms with Gasteiger partial charge in [0.2, 0.25) is 0 Å². The third kappa shape index (κ3) is 1.10. The molecule has 1 aliphatic rings. The van der Waals surface area contributed by atoms with Gasteiger partial charge in [0.05, 0.1) is 5.41 Å². The second-order valence-electron chi connectivity index (χ2n) is 3.18. The largest absolute Gasteiger partial charge is 0.510 e. The van der Waals surface area contributed by atoms with E-state index < -0.39 is 5.41 Å². The van der Waals surface area contributed by atoms with E-state index >= 15 is 0 Å². The fourth-order valence-electron chi connectivity index (χ4n) is 0.880. The van der Waals surface area contributed by atoms with Crippen LogP contribution in [0.2, 0.25) is 0 Å². The summed E-state index contributed by atoms with van der Waals surface area (Å²) in [5.74, 6) is -1.02. The third-order valence-electron chi connectivity index (χ3n) is 1.91. The molecule has 0 saturated carbocycles. The quantitative estimate of drug-likeness (QED) is 0.612. The van der Waals surface area contributed by atoms with Crippen molar-refractivity contribution in [1.29, 1.82) is 0 Å². The minimum Gasteiger partial charge on any atom is -0.510 e. The molecule has 4 heteroatoms. The van der Waals surface area contributed by atoms with Gasteiger partial charge in [0.15, 0.2) is 5.78 Å². The fraction of sp³-hybridized carbons (Fsp3) is 0.375. The lowest BCUT2D eigenvalue weighted by molar-refractivity contribution is -0.122. The number of aliphatic hydroxyl groups is 2. The van der Waals surface area contributed by atoms with Crippen LogP contribution in [-0.4, -0.2) is 16.0 Å². The maximum atomic E-state index is 11.2. The number of aliphatic hydroxyl groups excluding tert-OH is 2. The second kappa shape index (κ2) is 2.52. The van der Waals surface area contributed by atoms with Crippen LogP contribution in [0, 0.1) is 5.41 Å². The standard InChI is InChI=1S/C8H9ClO3/c1-8(2)5(11)3-4(10)6(9)7(8)12/h3,10,12H,1-2H3. The van der Waals surface area contributed by atoms with E-state index in [0.29, 0.717) is 0 Å². The molecule has 0 saturated heterocycles. The Labute approximate surface area is 75.0 Å². The maximum Gasteiger partial charge on any atom is 0.172 e. The third-order valence-corrected chi connectivity index (χ3v) is 2.28. The summed E-state index contributed by atoms with van der Waals surface area (Å²) in [6.07, 6.45) is 1.02. The van der Waals surface area contributed by atoms with Crippen molar-refractivity contribution in [2.75, 3.05) is 0 Å². The molecule has 3 nitrogen and oxygen atoms in total. The predicted octanol–water partition coefficient (Wildman–Crippen LogP) is 2.05. The van der Waals surface area contributed by atoms with Crippen molar-refractivity contribution in [3.8, 4) is 0 Å². The molecule has 0 aromatic rings. The van der Waals surface area contributed by atoms with E-state index in [-0.39, 0.29) is 22.3 Å². The van der Waals surface area contributed by atoms with Crippen LogP contribution in [0.5, 0.6) is 0 Å². The number of hydrogen-bond acceptors (Lipinski definition) is 3. The Morgan fingerprint density at radius 1 is 1.42 bits per heavy atom. The van der Waals surface area contributed by atoms with Gasteiger partial charge in [-0.3, -0.25) is 4.79 Å². The summed E-state index contributed by atoms with van der Waals surface area (Å²) in [5, 5.41) is 18.3. The Hall–Kier alpha value is -0.960. The predicted molar refractivity (Wildman–Crippen MR) is 45.0 cm³/mol. The van der Waals surface area contributed by atoms with Gasteiger partial charge in [0.1, 0.15) is 16.6 Å². The molecule has 0 heterocycles. The highest BCUT2D eigenvalue weighted by Crippen LogP contribution is 2.36. The summed E-state index contributed by atoms with van der Waals surface area (Å²) in [6.45, 7) is 3.08. The summed E-state index contributed by atoms with van der Waals surface area (Å²) in [7, 11) is 0. The van der Waals surface area contributed by atoms with Crippen molar-refractivity contribution in [3.63, 3.8) is 0 Å². The molecule has 0 radical (unpaired) electrons. The van der Waals surface area contributed by atoms with Crippen LogP contribution in [0.3, 0.4) is 0 Å². The smallest absolute Gasteiger partial charge is 0.172 e. The number of ketones is 1. The molecule has 66 valence electrons. The van der Waals surface area contributed by atoms with Crippen molar-refractivity contribution < 1.29 is 15.0 Å². The number of carbonyl (C=O) groups excluding carboxylic acids is 1. The maximum absolute atomic E-state index is 11.2. The van der Waals surface area contributed by atoms with Crippen LogP contribution in [0.1, 0.15) is 13.8 Å². The van der Waals surface area contributed by atoms with Crippen LogP contribution in [-0.2, 0) is 4.79 Å². The SMILES string of the molecule is CC1(C)C(=O)C=C(O)C(Cl)=C1O. The number of halogens is 1. The van der Waals surface area contributed by atoms with Gasteiger partial charge >= 0.3 is 0 Å². The van der Waals surface area contributed by atoms with E-state index in [1.807, 2.05) is 0 Å². The molecule has 0 aromatic carbocycles. The molecule has 0 aliphatic heterocycles. The van der Waals surface area contributed by atoms with Crippen molar-refractivity contribution in [3.05, 3.63) is 22.6 Å². The van der Waals surface area contributed by atoms with E-state index in [9.17, 15) is 9.90 Å². The normalized spacial score (nSPS) is 22.6. The first-order chi connectivity index (χ1) is 5.37. The molecule has 0 amide bonds. The first-order valence-corrected chi connectivity index (χ1v) is 3.80. The zero-order chi connectivity index (χ0) is 9.52. The lowest BCUT2D eigenvalue weighted by Gasteiger charge is -2.25. The average Bonchev–Trinajstić information content (AvgIpc) is 1.99. The Morgan fingerprint density at radius 2 is 1.92 bits per heavy atom. The topological polar surface area (TPSA) is 57.5 Å². The van der Waals surface area contributed by atoms with Crippen molar-refractivity contribution in [2.45, 2.75) is 13.8 Å². The minimum absolute atomic E-state index is 0.153. The number of carbonyl (C=O) groups is 1. The summed E-state index contributed by atoms with van der Waals surface area (Å²) in [4.78, 5) is 11.2. The van der Waals surface area contributed by atoms with Gasteiger partial charge in [0, 0.05) is 6.08 Å². The number of allylic oxidation sites excluding steroid dienone is 3. The highest BCUT2D eigenvalue weighted by atomic mass is 35.5.